The van der Waals surface area contributed by atoms with Gasteiger partial charge in [-0.2, -0.15) is 0 Å². The average molecular weight is 302 g/mol. The van der Waals surface area contributed by atoms with Crippen molar-refractivity contribution in [1.29, 1.82) is 0 Å². The largest absolute Gasteiger partial charge is 0.349 e. The lowest BCUT2D eigenvalue weighted by atomic mass is 10.0. The molecule has 1 heterocycles. The van der Waals surface area contributed by atoms with Crippen LogP contribution in [-0.4, -0.2) is 29.8 Å². The normalized spacial score (nSPS) is 16.7. The summed E-state index contributed by atoms with van der Waals surface area (Å²) in [6, 6.07) is 7.77. The van der Waals surface area contributed by atoms with E-state index >= 15 is 0 Å². The van der Waals surface area contributed by atoms with E-state index in [1.807, 2.05) is 36.1 Å². The molecule has 4 nitrogen and oxygen atoms in total. The predicted octanol–water partition coefficient (Wildman–Crippen LogP) is 2.96. The summed E-state index contributed by atoms with van der Waals surface area (Å²) in [5.41, 5.74) is 2.16. The van der Waals surface area contributed by atoms with Gasteiger partial charge in [0.05, 0.1) is 12.5 Å². The van der Waals surface area contributed by atoms with Crippen molar-refractivity contribution < 1.29 is 9.59 Å². The van der Waals surface area contributed by atoms with Crippen molar-refractivity contribution in [3.63, 3.8) is 0 Å². The molecule has 22 heavy (non-hydrogen) atoms. The van der Waals surface area contributed by atoms with Crippen LogP contribution in [0, 0.1) is 6.92 Å². The first kappa shape index (κ1) is 16.5. The Kier molecular flexibility index (Phi) is 5.99. The van der Waals surface area contributed by atoms with Crippen LogP contribution in [0.15, 0.2) is 24.3 Å². The first-order valence-electron chi connectivity index (χ1n) is 8.17. The van der Waals surface area contributed by atoms with Gasteiger partial charge in [0.1, 0.15) is 0 Å². The highest BCUT2D eigenvalue weighted by Gasteiger charge is 2.22. The summed E-state index contributed by atoms with van der Waals surface area (Å²) in [6.07, 6.45) is 4.92. The highest BCUT2D eigenvalue weighted by molar-refractivity contribution is 5.79. The summed E-state index contributed by atoms with van der Waals surface area (Å²) in [4.78, 5) is 26.0. The van der Waals surface area contributed by atoms with E-state index in [2.05, 4.69) is 5.32 Å². The van der Waals surface area contributed by atoms with Crippen LogP contribution in [0.25, 0.3) is 0 Å². The number of hydrogen-bond donors (Lipinski definition) is 1. The molecular weight excluding hydrogens is 276 g/mol. The minimum Gasteiger partial charge on any atom is -0.349 e. The summed E-state index contributed by atoms with van der Waals surface area (Å²) >= 11 is 0. The lowest BCUT2D eigenvalue weighted by Gasteiger charge is -2.24. The smallest absolute Gasteiger partial charge is 0.224 e. The molecule has 1 unspecified atom stereocenters. The number of nitrogens with one attached hydrogen (secondary N) is 1. The Morgan fingerprint density at radius 1 is 1.09 bits per heavy atom. The van der Waals surface area contributed by atoms with E-state index in [-0.39, 0.29) is 17.9 Å². The third kappa shape index (κ3) is 4.86. The molecule has 1 aromatic carbocycles. The predicted molar refractivity (Wildman–Crippen MR) is 87.4 cm³/mol. The SMILES string of the molecule is CC(=O)NC(CC(=O)N1CCCCCC1)c1ccc(C)cc1. The molecule has 1 aromatic rings. The second-order valence-electron chi connectivity index (χ2n) is 6.16. The van der Waals surface area contributed by atoms with Crippen molar-refractivity contribution in [1.82, 2.24) is 10.2 Å². The van der Waals surface area contributed by atoms with Crippen LogP contribution in [0.3, 0.4) is 0 Å². The minimum absolute atomic E-state index is 0.103. The second-order valence-corrected chi connectivity index (χ2v) is 6.16. The maximum Gasteiger partial charge on any atom is 0.224 e. The lowest BCUT2D eigenvalue weighted by Crippen LogP contribution is -2.36. The lowest BCUT2D eigenvalue weighted by molar-refractivity contribution is -0.132. The maximum atomic E-state index is 12.6. The topological polar surface area (TPSA) is 49.4 Å². The zero-order valence-corrected chi connectivity index (χ0v) is 13.6. The second kappa shape index (κ2) is 7.97. The molecule has 1 saturated heterocycles. The van der Waals surface area contributed by atoms with E-state index in [1.165, 1.54) is 25.3 Å². The molecule has 0 spiro atoms. The van der Waals surface area contributed by atoms with Crippen LogP contribution in [0.4, 0.5) is 0 Å². The van der Waals surface area contributed by atoms with E-state index in [9.17, 15) is 9.59 Å². The monoisotopic (exact) mass is 302 g/mol. The molecule has 0 aromatic heterocycles. The van der Waals surface area contributed by atoms with Crippen molar-refractivity contribution in [2.75, 3.05) is 13.1 Å². The third-order valence-corrected chi connectivity index (χ3v) is 4.19. The fourth-order valence-corrected chi connectivity index (χ4v) is 2.92. The van der Waals surface area contributed by atoms with Crippen LogP contribution in [0.1, 0.15) is 56.2 Å². The van der Waals surface area contributed by atoms with Crippen molar-refractivity contribution in [3.05, 3.63) is 35.4 Å². The molecule has 1 aliphatic rings. The van der Waals surface area contributed by atoms with Crippen LogP contribution in [0.2, 0.25) is 0 Å². The number of nitrogens with zero attached hydrogens (tertiary/aromatic N) is 1. The number of benzene rings is 1. The summed E-state index contributed by atoms with van der Waals surface area (Å²) in [7, 11) is 0. The number of amides is 2. The molecular formula is C18H26N2O2. The average Bonchev–Trinajstić information content (AvgIpc) is 2.76. The first-order valence-corrected chi connectivity index (χ1v) is 8.17. The van der Waals surface area contributed by atoms with Crippen LogP contribution in [-0.2, 0) is 9.59 Å². The Morgan fingerprint density at radius 2 is 1.68 bits per heavy atom. The standard InChI is InChI=1S/C18H26N2O2/c1-14-7-9-16(10-8-14)17(19-15(2)21)13-18(22)20-11-5-3-4-6-12-20/h7-10,17H,3-6,11-13H2,1-2H3,(H,19,21). The highest BCUT2D eigenvalue weighted by Crippen LogP contribution is 2.20. The number of carbonyl (C=O) groups excluding carboxylic acids is 2. The minimum atomic E-state index is -0.242. The van der Waals surface area contributed by atoms with Gasteiger partial charge in [0.25, 0.3) is 0 Å². The molecule has 120 valence electrons. The number of rotatable bonds is 4. The number of carbonyl (C=O) groups is 2. The fraction of sp³-hybridized carbons (Fsp3) is 0.556. The van der Waals surface area contributed by atoms with Gasteiger partial charge in [-0.25, -0.2) is 0 Å². The molecule has 0 aliphatic carbocycles. The van der Waals surface area contributed by atoms with Gasteiger partial charge in [-0.3, -0.25) is 9.59 Å². The van der Waals surface area contributed by atoms with Crippen LogP contribution in [0.5, 0.6) is 0 Å². The Morgan fingerprint density at radius 3 is 2.23 bits per heavy atom. The molecule has 4 heteroatoms. The maximum absolute atomic E-state index is 12.6. The highest BCUT2D eigenvalue weighted by atomic mass is 16.2. The molecule has 2 amide bonds. The molecule has 0 radical (unpaired) electrons. The van der Waals surface area contributed by atoms with E-state index < -0.39 is 0 Å². The number of likely N-dealkylation sites (tertiary alicyclic amines) is 1. The fourth-order valence-electron chi connectivity index (χ4n) is 2.92. The third-order valence-electron chi connectivity index (χ3n) is 4.19. The Bertz CT molecular complexity index is 502. The van der Waals surface area contributed by atoms with E-state index in [4.69, 9.17) is 0 Å². The Balaban J connectivity index is 2.06. The van der Waals surface area contributed by atoms with E-state index in [1.54, 1.807) is 0 Å². The van der Waals surface area contributed by atoms with Crippen molar-refractivity contribution in [3.8, 4) is 0 Å². The molecule has 0 bridgehead atoms. The van der Waals surface area contributed by atoms with Gasteiger partial charge in [0.15, 0.2) is 0 Å². The van der Waals surface area contributed by atoms with Crippen molar-refractivity contribution in [2.45, 2.75) is 52.0 Å². The number of hydrogen-bond acceptors (Lipinski definition) is 2. The van der Waals surface area contributed by atoms with Crippen molar-refractivity contribution >= 4 is 11.8 Å². The summed E-state index contributed by atoms with van der Waals surface area (Å²) in [5, 5.41) is 2.91. The first-order chi connectivity index (χ1) is 10.6. The summed E-state index contributed by atoms with van der Waals surface area (Å²) in [6.45, 7) is 5.22. The van der Waals surface area contributed by atoms with Gasteiger partial charge >= 0.3 is 0 Å². The van der Waals surface area contributed by atoms with Gasteiger partial charge in [0, 0.05) is 20.0 Å². The molecule has 1 fully saturated rings. The Hall–Kier alpha value is -1.84. The van der Waals surface area contributed by atoms with Crippen LogP contribution >= 0.6 is 0 Å². The van der Waals surface area contributed by atoms with Crippen molar-refractivity contribution in [2.24, 2.45) is 0 Å². The van der Waals surface area contributed by atoms with Gasteiger partial charge in [0.2, 0.25) is 11.8 Å². The van der Waals surface area contributed by atoms with Gasteiger partial charge in [-0.15, -0.1) is 0 Å². The summed E-state index contributed by atoms with van der Waals surface area (Å²) < 4.78 is 0. The van der Waals surface area contributed by atoms with E-state index in [0.717, 1.165) is 31.5 Å². The molecule has 1 atom stereocenters. The van der Waals surface area contributed by atoms with Gasteiger partial charge in [-0.05, 0) is 25.3 Å². The van der Waals surface area contributed by atoms with Gasteiger partial charge in [-0.1, -0.05) is 42.7 Å². The molecule has 1 aliphatic heterocycles. The molecule has 2 rings (SSSR count). The van der Waals surface area contributed by atoms with Gasteiger partial charge < -0.3 is 10.2 Å². The molecule has 0 saturated carbocycles. The zero-order valence-electron chi connectivity index (χ0n) is 13.6. The van der Waals surface area contributed by atoms with Crippen LogP contribution < -0.4 is 5.32 Å². The quantitative estimate of drug-likeness (QED) is 0.929. The zero-order chi connectivity index (χ0) is 15.9. The number of aryl methyl sites for hydroxylation is 1. The Labute approximate surface area is 132 Å². The summed E-state index contributed by atoms with van der Waals surface area (Å²) in [5.74, 6) is 0.0375. The van der Waals surface area contributed by atoms with E-state index in [0.29, 0.717) is 6.42 Å². The molecule has 1 N–H and O–H groups in total.